The van der Waals surface area contributed by atoms with Gasteiger partial charge in [-0.3, -0.25) is 4.79 Å². The van der Waals surface area contributed by atoms with Gasteiger partial charge in [-0.05, 0) is 60.6 Å². The number of aryl methyl sites for hydroxylation is 1. The zero-order chi connectivity index (χ0) is 23.7. The molecule has 0 unspecified atom stereocenters. The molecular weight excluding hydrogens is 416 g/mol. The molecule has 1 N–H and O–H groups in total. The number of carbonyl (C=O) groups is 1. The highest BCUT2D eigenvalue weighted by atomic mass is 16.4. The molecule has 0 spiro atoms. The Labute approximate surface area is 195 Å². The molecule has 6 nitrogen and oxygen atoms in total. The molecule has 0 bridgehead atoms. The smallest absolute Gasteiger partial charge is 0.340 e. The van der Waals surface area contributed by atoms with Crippen LogP contribution in [-0.2, 0) is 22.0 Å². The van der Waals surface area contributed by atoms with Crippen molar-refractivity contribution in [2.45, 2.75) is 83.7 Å². The summed E-state index contributed by atoms with van der Waals surface area (Å²) in [5.41, 5.74) is 5.29. The van der Waals surface area contributed by atoms with E-state index in [0.717, 1.165) is 42.4 Å². The normalized spacial score (nSPS) is 21.9. The van der Waals surface area contributed by atoms with E-state index in [0.29, 0.717) is 37.1 Å². The molecule has 33 heavy (non-hydrogen) atoms. The molecule has 0 radical (unpaired) electrons. The van der Waals surface area contributed by atoms with Crippen molar-refractivity contribution >= 4 is 22.6 Å². The first-order chi connectivity index (χ1) is 15.5. The molecule has 0 aliphatic carbocycles. The molecule has 4 heterocycles. The summed E-state index contributed by atoms with van der Waals surface area (Å²) < 4.78 is 6.06. The molecule has 0 saturated carbocycles. The Morgan fingerprint density at radius 3 is 2.39 bits per heavy atom. The molecular formula is C27H36N2O4. The van der Waals surface area contributed by atoms with Crippen LogP contribution in [-0.4, -0.2) is 48.2 Å². The Morgan fingerprint density at radius 2 is 1.73 bits per heavy atom. The SMILES string of the molecule is Cc1c(CC(=O)N2CCC(O)CC2)c(=O)oc2c3c4c(cc12)C(C)(C)CCN4CCC3(C)C. The Morgan fingerprint density at radius 1 is 1.09 bits per heavy atom. The third kappa shape index (κ3) is 3.58. The van der Waals surface area contributed by atoms with E-state index in [1.165, 1.54) is 11.3 Å². The Hall–Kier alpha value is -2.34. The minimum atomic E-state index is -0.399. The lowest BCUT2D eigenvalue weighted by molar-refractivity contribution is -0.132. The van der Waals surface area contributed by atoms with Crippen molar-refractivity contribution in [3.05, 3.63) is 38.7 Å². The van der Waals surface area contributed by atoms with Crippen molar-refractivity contribution in [3.8, 4) is 0 Å². The lowest BCUT2D eigenvalue weighted by Gasteiger charge is -2.48. The summed E-state index contributed by atoms with van der Waals surface area (Å²) in [6, 6.07) is 2.23. The fraction of sp³-hybridized carbons (Fsp3) is 0.630. The number of hydrogen-bond acceptors (Lipinski definition) is 5. The third-order valence-electron chi connectivity index (χ3n) is 8.43. The first-order valence-corrected chi connectivity index (χ1v) is 12.3. The van der Waals surface area contributed by atoms with Gasteiger partial charge < -0.3 is 19.3 Å². The maximum Gasteiger partial charge on any atom is 0.340 e. The highest BCUT2D eigenvalue weighted by molar-refractivity contribution is 5.93. The van der Waals surface area contributed by atoms with Crippen LogP contribution in [0.3, 0.4) is 0 Å². The van der Waals surface area contributed by atoms with Gasteiger partial charge in [0.2, 0.25) is 5.91 Å². The second-order valence-electron chi connectivity index (χ2n) is 11.6. The molecule has 178 valence electrons. The molecule has 3 aliphatic rings. The topological polar surface area (TPSA) is 74.0 Å². The van der Waals surface area contributed by atoms with Crippen molar-refractivity contribution in [2.75, 3.05) is 31.1 Å². The van der Waals surface area contributed by atoms with Crippen LogP contribution in [0.4, 0.5) is 5.69 Å². The van der Waals surface area contributed by atoms with E-state index < -0.39 is 5.63 Å². The average molecular weight is 453 g/mol. The number of benzene rings is 1. The van der Waals surface area contributed by atoms with Crippen LogP contribution in [0.25, 0.3) is 11.0 Å². The summed E-state index contributed by atoms with van der Waals surface area (Å²) in [6.45, 7) is 14.2. The van der Waals surface area contributed by atoms with Crippen molar-refractivity contribution in [1.82, 2.24) is 4.90 Å². The van der Waals surface area contributed by atoms with E-state index in [2.05, 4.69) is 38.7 Å². The van der Waals surface area contributed by atoms with Crippen molar-refractivity contribution in [2.24, 2.45) is 0 Å². The molecule has 1 amide bonds. The highest BCUT2D eigenvalue weighted by Crippen LogP contribution is 2.52. The maximum atomic E-state index is 13.2. The molecule has 1 fully saturated rings. The molecule has 5 rings (SSSR count). The number of anilines is 1. The molecule has 3 aliphatic heterocycles. The minimum Gasteiger partial charge on any atom is -0.422 e. The van der Waals surface area contributed by atoms with Crippen molar-refractivity contribution in [3.63, 3.8) is 0 Å². The molecule has 1 saturated heterocycles. The maximum absolute atomic E-state index is 13.2. The van der Waals surface area contributed by atoms with Gasteiger partial charge in [0.15, 0.2) is 0 Å². The highest BCUT2D eigenvalue weighted by Gasteiger charge is 2.42. The zero-order valence-electron chi connectivity index (χ0n) is 20.6. The van der Waals surface area contributed by atoms with Crippen LogP contribution in [0.15, 0.2) is 15.3 Å². The quantitative estimate of drug-likeness (QED) is 0.702. The van der Waals surface area contributed by atoms with Crippen LogP contribution in [0.2, 0.25) is 0 Å². The van der Waals surface area contributed by atoms with Crippen LogP contribution in [0, 0.1) is 6.92 Å². The fourth-order valence-electron chi connectivity index (χ4n) is 5.99. The van der Waals surface area contributed by atoms with Gasteiger partial charge in [-0.1, -0.05) is 27.7 Å². The van der Waals surface area contributed by atoms with E-state index in [1.807, 2.05) is 6.92 Å². The monoisotopic (exact) mass is 452 g/mol. The minimum absolute atomic E-state index is 0.0371. The van der Waals surface area contributed by atoms with Gasteiger partial charge >= 0.3 is 5.63 Å². The van der Waals surface area contributed by atoms with Crippen LogP contribution in [0.5, 0.6) is 0 Å². The van der Waals surface area contributed by atoms with Crippen LogP contribution in [0.1, 0.15) is 75.6 Å². The van der Waals surface area contributed by atoms with Gasteiger partial charge in [-0.15, -0.1) is 0 Å². The number of nitrogens with zero attached hydrogens (tertiary/aromatic N) is 2. The largest absolute Gasteiger partial charge is 0.422 e. The summed E-state index contributed by atoms with van der Waals surface area (Å²) >= 11 is 0. The lowest BCUT2D eigenvalue weighted by Crippen LogP contribution is -2.45. The van der Waals surface area contributed by atoms with E-state index in [4.69, 9.17) is 4.42 Å². The first kappa shape index (κ1) is 22.5. The van der Waals surface area contributed by atoms with Gasteiger partial charge in [-0.2, -0.15) is 0 Å². The summed E-state index contributed by atoms with van der Waals surface area (Å²) in [4.78, 5) is 30.4. The predicted molar refractivity (Wildman–Crippen MR) is 130 cm³/mol. The number of amides is 1. The third-order valence-corrected chi connectivity index (χ3v) is 8.43. The van der Waals surface area contributed by atoms with Gasteiger partial charge in [0.1, 0.15) is 5.58 Å². The Balaban J connectivity index is 1.66. The standard InChI is InChI=1S/C27H36N2O4/c1-16-18-14-20-23-22(27(4,5)9-13-29(23)12-8-26(20,2)3)24(18)33-25(32)19(16)15-21(31)28-10-6-17(30)7-11-28/h14,17,30H,6-13,15H2,1-5H3. The lowest BCUT2D eigenvalue weighted by atomic mass is 9.69. The fourth-order valence-corrected chi connectivity index (χ4v) is 5.99. The summed E-state index contributed by atoms with van der Waals surface area (Å²) in [7, 11) is 0. The number of piperidine rings is 1. The average Bonchev–Trinajstić information content (AvgIpc) is 2.75. The number of fused-ring (bicyclic) bond motifs is 2. The number of aliphatic hydroxyl groups is 1. The van der Waals surface area contributed by atoms with Gasteiger partial charge in [0.05, 0.1) is 18.1 Å². The molecule has 6 heteroatoms. The Bertz CT molecular complexity index is 1180. The number of aliphatic hydroxyl groups excluding tert-OH is 1. The summed E-state index contributed by atoms with van der Waals surface area (Å²) in [5.74, 6) is -0.0669. The van der Waals surface area contributed by atoms with Gasteiger partial charge in [0.25, 0.3) is 0 Å². The molecule has 1 aromatic carbocycles. The summed E-state index contributed by atoms with van der Waals surface area (Å²) in [5, 5.41) is 10.7. The van der Waals surface area contributed by atoms with Gasteiger partial charge in [-0.25, -0.2) is 4.79 Å². The molecule has 2 aromatic rings. The van der Waals surface area contributed by atoms with E-state index in [9.17, 15) is 14.7 Å². The van der Waals surface area contributed by atoms with Gasteiger partial charge in [0, 0.05) is 42.8 Å². The zero-order valence-corrected chi connectivity index (χ0v) is 20.6. The number of hydrogen-bond donors (Lipinski definition) is 1. The molecule has 0 atom stereocenters. The molecule has 1 aromatic heterocycles. The van der Waals surface area contributed by atoms with Crippen LogP contribution < -0.4 is 10.5 Å². The van der Waals surface area contributed by atoms with Crippen LogP contribution >= 0.6 is 0 Å². The Kier molecular flexibility index (Phi) is 5.16. The van der Waals surface area contributed by atoms with Crippen molar-refractivity contribution in [1.29, 1.82) is 0 Å². The van der Waals surface area contributed by atoms with Crippen molar-refractivity contribution < 1.29 is 14.3 Å². The van der Waals surface area contributed by atoms with E-state index in [-0.39, 0.29) is 29.3 Å². The van der Waals surface area contributed by atoms with E-state index >= 15 is 0 Å². The summed E-state index contributed by atoms with van der Waals surface area (Å²) in [6.07, 6.45) is 3.00. The first-order valence-electron chi connectivity index (χ1n) is 12.3. The number of rotatable bonds is 2. The second kappa shape index (κ2) is 7.59. The second-order valence-corrected chi connectivity index (χ2v) is 11.6. The number of likely N-dealkylation sites (tertiary alicyclic amines) is 1. The van der Waals surface area contributed by atoms with E-state index in [1.54, 1.807) is 4.90 Å². The predicted octanol–water partition coefficient (Wildman–Crippen LogP) is 3.80. The number of carbonyl (C=O) groups excluding carboxylic acids is 1.